The van der Waals surface area contributed by atoms with Crippen molar-refractivity contribution in [3.05, 3.63) is 23.8 Å². The van der Waals surface area contributed by atoms with Crippen LogP contribution in [0.2, 0.25) is 0 Å². The number of carbonyl (C=O) groups excluding carboxylic acids is 2. The van der Waals surface area contributed by atoms with Gasteiger partial charge in [-0.15, -0.1) is 0 Å². The molecule has 1 rings (SSSR count). The zero-order chi connectivity index (χ0) is 18.9. The molecule has 0 heterocycles. The minimum absolute atomic E-state index is 0.0457. The fourth-order valence-corrected chi connectivity index (χ4v) is 1.56. The van der Waals surface area contributed by atoms with Crippen LogP contribution < -0.4 is 9.47 Å². The van der Waals surface area contributed by atoms with Crippen LogP contribution in [0.3, 0.4) is 0 Å². The average molecular weight is 358 g/mol. The molecule has 0 unspecified atom stereocenters. The van der Waals surface area contributed by atoms with Crippen molar-refractivity contribution >= 4 is 12.1 Å². The maximum atomic E-state index is 11.8. The number of ether oxygens (including phenoxy) is 4. The summed E-state index contributed by atoms with van der Waals surface area (Å²) in [5.41, 5.74) is -0.367. The molecule has 0 radical (unpaired) electrons. The predicted octanol–water partition coefficient (Wildman–Crippen LogP) is 2.68. The highest BCUT2D eigenvalue weighted by Gasteiger charge is 2.18. The fourth-order valence-electron chi connectivity index (χ4n) is 1.56. The SMILES string of the molecule is COc1cc(OC)cc(C(=O)OOOC(=O)OCCC(C)(C)OC)c1. The van der Waals surface area contributed by atoms with Crippen molar-refractivity contribution in [2.75, 3.05) is 27.9 Å². The van der Waals surface area contributed by atoms with Crippen LogP contribution in [0, 0.1) is 0 Å². The molecule has 0 N–H and O–H groups in total. The van der Waals surface area contributed by atoms with E-state index in [9.17, 15) is 9.59 Å². The van der Waals surface area contributed by atoms with Crippen LogP contribution in [0.15, 0.2) is 18.2 Å². The number of benzene rings is 1. The molecule has 0 aliphatic rings. The Bertz CT molecular complexity index is 561. The lowest BCUT2D eigenvalue weighted by Gasteiger charge is -2.21. The molecule has 0 saturated carbocycles. The van der Waals surface area contributed by atoms with Gasteiger partial charge in [0.05, 0.1) is 37.0 Å². The topological polar surface area (TPSA) is 98.8 Å². The zero-order valence-corrected chi connectivity index (χ0v) is 14.8. The summed E-state index contributed by atoms with van der Waals surface area (Å²) in [7, 11) is 4.42. The average Bonchev–Trinajstić information content (AvgIpc) is 2.60. The summed E-state index contributed by atoms with van der Waals surface area (Å²) < 4.78 is 20.0. The van der Waals surface area contributed by atoms with E-state index in [1.807, 2.05) is 13.8 Å². The first kappa shape index (κ1) is 20.5. The van der Waals surface area contributed by atoms with E-state index in [4.69, 9.17) is 18.9 Å². The number of methoxy groups -OCH3 is 3. The maximum absolute atomic E-state index is 11.8. The van der Waals surface area contributed by atoms with Crippen molar-refractivity contribution in [1.29, 1.82) is 0 Å². The summed E-state index contributed by atoms with van der Waals surface area (Å²) in [6.07, 6.45) is -0.704. The summed E-state index contributed by atoms with van der Waals surface area (Å²) in [6.45, 7) is 3.72. The first-order chi connectivity index (χ1) is 11.8. The van der Waals surface area contributed by atoms with Crippen molar-refractivity contribution in [3.63, 3.8) is 0 Å². The second-order valence-corrected chi connectivity index (χ2v) is 5.44. The number of carbonyl (C=O) groups is 2. The Labute approximate surface area is 145 Å². The number of rotatable bonds is 9. The minimum Gasteiger partial charge on any atom is -0.497 e. The van der Waals surface area contributed by atoms with E-state index in [2.05, 4.69) is 14.8 Å². The van der Waals surface area contributed by atoms with Crippen LogP contribution in [0.5, 0.6) is 11.5 Å². The van der Waals surface area contributed by atoms with Crippen LogP contribution >= 0.6 is 0 Å². The molecule has 140 valence electrons. The van der Waals surface area contributed by atoms with Crippen molar-refractivity contribution < 1.29 is 43.3 Å². The van der Waals surface area contributed by atoms with Gasteiger partial charge in [0.2, 0.25) is 0 Å². The van der Waals surface area contributed by atoms with E-state index in [1.165, 1.54) is 26.4 Å². The van der Waals surface area contributed by atoms with Crippen LogP contribution in [-0.2, 0) is 24.3 Å². The second-order valence-electron chi connectivity index (χ2n) is 5.44. The molecule has 9 nitrogen and oxygen atoms in total. The van der Waals surface area contributed by atoms with Gasteiger partial charge in [0.25, 0.3) is 0 Å². The quantitative estimate of drug-likeness (QED) is 0.375. The molecule has 0 amide bonds. The molecule has 1 aromatic carbocycles. The molecular weight excluding hydrogens is 336 g/mol. The molecule has 1 aromatic rings. The third kappa shape index (κ3) is 7.27. The molecule has 25 heavy (non-hydrogen) atoms. The predicted molar refractivity (Wildman–Crippen MR) is 84.2 cm³/mol. The highest BCUT2D eigenvalue weighted by Crippen LogP contribution is 2.23. The third-order valence-electron chi connectivity index (χ3n) is 3.28. The van der Waals surface area contributed by atoms with Crippen LogP contribution in [0.4, 0.5) is 4.79 Å². The Balaban J connectivity index is 2.40. The van der Waals surface area contributed by atoms with Gasteiger partial charge in [-0.2, -0.15) is 0 Å². The molecule has 0 spiro atoms. The van der Waals surface area contributed by atoms with Crippen LogP contribution in [0.1, 0.15) is 30.6 Å². The lowest BCUT2D eigenvalue weighted by Crippen LogP contribution is -2.25. The van der Waals surface area contributed by atoms with Gasteiger partial charge in [-0.25, -0.2) is 14.5 Å². The highest BCUT2D eigenvalue weighted by atomic mass is 17.5. The molecule has 0 aromatic heterocycles. The van der Waals surface area contributed by atoms with E-state index in [0.717, 1.165) is 0 Å². The van der Waals surface area contributed by atoms with Gasteiger partial charge in [-0.05, 0) is 26.0 Å². The molecule has 0 aliphatic carbocycles. The third-order valence-corrected chi connectivity index (χ3v) is 3.28. The first-order valence-electron chi connectivity index (χ1n) is 7.32. The fraction of sp³-hybridized carbons (Fsp3) is 0.500. The molecular formula is C16H22O9. The smallest absolute Gasteiger partial charge is 0.497 e. The largest absolute Gasteiger partial charge is 0.543 e. The second kappa shape index (κ2) is 9.70. The molecule has 0 fully saturated rings. The van der Waals surface area contributed by atoms with Gasteiger partial charge >= 0.3 is 12.1 Å². The number of hydrogen-bond donors (Lipinski definition) is 0. The maximum Gasteiger partial charge on any atom is 0.543 e. The summed E-state index contributed by atoms with van der Waals surface area (Å²) in [6, 6.07) is 4.38. The van der Waals surface area contributed by atoms with E-state index < -0.39 is 17.7 Å². The standard InChI is InChI=1S/C16H22O9/c1-16(2,21-5)6-7-22-15(18)24-25-23-14(17)11-8-12(19-3)10-13(9-11)20-4/h8-10H,6-7H2,1-5H3. The number of hydrogen-bond acceptors (Lipinski definition) is 9. The minimum atomic E-state index is -1.15. The normalized spacial score (nSPS) is 10.8. The Hall–Kier alpha value is -2.52. The van der Waals surface area contributed by atoms with E-state index in [0.29, 0.717) is 17.9 Å². The summed E-state index contributed by atoms with van der Waals surface area (Å²) in [5, 5.41) is 4.13. The molecule has 0 aliphatic heterocycles. The van der Waals surface area contributed by atoms with Crippen LogP contribution in [-0.4, -0.2) is 45.7 Å². The molecule has 9 heteroatoms. The summed E-state index contributed by atoms with van der Waals surface area (Å²) >= 11 is 0. The van der Waals surface area contributed by atoms with E-state index in [-0.39, 0.29) is 12.2 Å². The van der Waals surface area contributed by atoms with Gasteiger partial charge in [-0.1, -0.05) is 0 Å². The van der Waals surface area contributed by atoms with Crippen molar-refractivity contribution in [2.45, 2.75) is 25.9 Å². The van der Waals surface area contributed by atoms with Crippen molar-refractivity contribution in [2.24, 2.45) is 0 Å². The zero-order valence-electron chi connectivity index (χ0n) is 14.8. The summed E-state index contributed by atoms with van der Waals surface area (Å²) in [5.74, 6) is -0.148. The van der Waals surface area contributed by atoms with E-state index in [1.54, 1.807) is 13.2 Å². The van der Waals surface area contributed by atoms with Gasteiger partial charge in [0.15, 0.2) is 0 Å². The Morgan fingerprint density at radius 3 is 2.08 bits per heavy atom. The summed E-state index contributed by atoms with van der Waals surface area (Å²) in [4.78, 5) is 31.7. The van der Waals surface area contributed by atoms with Gasteiger partial charge in [-0.3, -0.25) is 4.89 Å². The van der Waals surface area contributed by atoms with Gasteiger partial charge in [0.1, 0.15) is 11.5 Å². The first-order valence-corrected chi connectivity index (χ1v) is 7.32. The molecule has 0 saturated heterocycles. The highest BCUT2D eigenvalue weighted by molar-refractivity contribution is 5.90. The Morgan fingerprint density at radius 1 is 0.960 bits per heavy atom. The van der Waals surface area contributed by atoms with Crippen molar-refractivity contribution in [3.8, 4) is 11.5 Å². The van der Waals surface area contributed by atoms with Crippen LogP contribution in [0.25, 0.3) is 0 Å². The monoisotopic (exact) mass is 358 g/mol. The van der Waals surface area contributed by atoms with Crippen molar-refractivity contribution in [1.82, 2.24) is 0 Å². The van der Waals surface area contributed by atoms with E-state index >= 15 is 0 Å². The Kier molecular flexibility index (Phi) is 7.96. The Morgan fingerprint density at radius 2 is 1.56 bits per heavy atom. The lowest BCUT2D eigenvalue weighted by molar-refractivity contribution is -0.452. The van der Waals surface area contributed by atoms with Gasteiger partial charge in [0, 0.05) is 19.6 Å². The van der Waals surface area contributed by atoms with Gasteiger partial charge < -0.3 is 18.9 Å². The lowest BCUT2D eigenvalue weighted by atomic mass is 10.1. The molecule has 0 bridgehead atoms. The molecule has 0 atom stereocenters.